The van der Waals surface area contributed by atoms with Crippen LogP contribution in [0.3, 0.4) is 0 Å². The summed E-state index contributed by atoms with van der Waals surface area (Å²) in [4.78, 5) is 12.1. The second kappa shape index (κ2) is 7.38. The summed E-state index contributed by atoms with van der Waals surface area (Å²) in [6.45, 7) is 0. The van der Waals surface area contributed by atoms with Crippen LogP contribution in [0.15, 0.2) is 91.1 Å². The standard InChI is InChI=1S/C21H16FNO/c22-19-8-4-5-9-20(19)23-15-14-21(24)18-12-10-17(11-13-18)16-6-2-1-3-7-16/h1-15,23H. The van der Waals surface area contributed by atoms with Gasteiger partial charge in [0.2, 0.25) is 0 Å². The third-order valence-electron chi connectivity index (χ3n) is 3.62. The molecule has 3 rings (SSSR count). The Morgan fingerprint density at radius 1 is 0.792 bits per heavy atom. The molecular weight excluding hydrogens is 301 g/mol. The van der Waals surface area contributed by atoms with Crippen molar-refractivity contribution in [2.24, 2.45) is 0 Å². The molecule has 24 heavy (non-hydrogen) atoms. The van der Waals surface area contributed by atoms with Crippen LogP contribution in [-0.4, -0.2) is 5.78 Å². The Hall–Kier alpha value is -3.20. The molecule has 0 heterocycles. The minimum atomic E-state index is -0.359. The number of anilines is 1. The van der Waals surface area contributed by atoms with E-state index in [1.165, 1.54) is 18.3 Å². The van der Waals surface area contributed by atoms with Crippen LogP contribution in [-0.2, 0) is 0 Å². The highest BCUT2D eigenvalue weighted by molar-refractivity contribution is 6.04. The smallest absolute Gasteiger partial charge is 0.187 e. The van der Waals surface area contributed by atoms with Crippen LogP contribution in [0, 0.1) is 5.82 Å². The molecule has 0 atom stereocenters. The van der Waals surface area contributed by atoms with E-state index in [1.54, 1.807) is 30.3 Å². The lowest BCUT2D eigenvalue weighted by molar-refractivity contribution is 0.104. The van der Waals surface area contributed by atoms with Crippen LogP contribution >= 0.6 is 0 Å². The first-order valence-corrected chi connectivity index (χ1v) is 7.61. The van der Waals surface area contributed by atoms with Gasteiger partial charge in [0.25, 0.3) is 0 Å². The van der Waals surface area contributed by atoms with E-state index in [2.05, 4.69) is 5.32 Å². The van der Waals surface area contributed by atoms with Gasteiger partial charge in [-0.25, -0.2) is 4.39 Å². The fourth-order valence-electron chi connectivity index (χ4n) is 2.34. The van der Waals surface area contributed by atoms with E-state index in [9.17, 15) is 9.18 Å². The average Bonchev–Trinajstić information content (AvgIpc) is 2.64. The molecule has 0 aliphatic heterocycles. The molecule has 0 bridgehead atoms. The number of rotatable bonds is 5. The van der Waals surface area contributed by atoms with Crippen molar-refractivity contribution in [1.29, 1.82) is 0 Å². The van der Waals surface area contributed by atoms with E-state index in [4.69, 9.17) is 0 Å². The molecule has 3 aromatic carbocycles. The molecule has 3 aromatic rings. The van der Waals surface area contributed by atoms with Gasteiger partial charge in [-0.2, -0.15) is 0 Å². The van der Waals surface area contributed by atoms with Crippen LogP contribution in [0.2, 0.25) is 0 Å². The maximum atomic E-state index is 13.5. The highest BCUT2D eigenvalue weighted by Crippen LogP contribution is 2.19. The first kappa shape index (κ1) is 15.7. The molecule has 0 saturated heterocycles. The maximum absolute atomic E-state index is 13.5. The summed E-state index contributed by atoms with van der Waals surface area (Å²) in [6.07, 6.45) is 2.84. The summed E-state index contributed by atoms with van der Waals surface area (Å²) in [5.41, 5.74) is 3.08. The Balaban J connectivity index is 1.67. The Bertz CT molecular complexity index is 855. The molecule has 0 saturated carbocycles. The summed E-state index contributed by atoms with van der Waals surface area (Å²) in [7, 11) is 0. The number of ketones is 1. The minimum Gasteiger partial charge on any atom is -0.359 e. The van der Waals surface area contributed by atoms with Crippen molar-refractivity contribution in [1.82, 2.24) is 0 Å². The van der Waals surface area contributed by atoms with E-state index in [0.29, 0.717) is 11.3 Å². The number of carbonyl (C=O) groups excluding carboxylic acids is 1. The highest BCUT2D eigenvalue weighted by atomic mass is 19.1. The number of hydrogen-bond acceptors (Lipinski definition) is 2. The van der Waals surface area contributed by atoms with Gasteiger partial charge in [0, 0.05) is 17.8 Å². The van der Waals surface area contributed by atoms with Crippen LogP contribution in [0.1, 0.15) is 10.4 Å². The van der Waals surface area contributed by atoms with Crippen molar-refractivity contribution >= 4 is 11.5 Å². The van der Waals surface area contributed by atoms with E-state index in [1.807, 2.05) is 42.5 Å². The summed E-state index contributed by atoms with van der Waals surface area (Å²) >= 11 is 0. The molecule has 0 spiro atoms. The zero-order chi connectivity index (χ0) is 16.8. The topological polar surface area (TPSA) is 29.1 Å². The van der Waals surface area contributed by atoms with Gasteiger partial charge >= 0.3 is 0 Å². The molecule has 0 amide bonds. The van der Waals surface area contributed by atoms with Gasteiger partial charge in [0.05, 0.1) is 5.69 Å². The Morgan fingerprint density at radius 3 is 2.12 bits per heavy atom. The van der Waals surface area contributed by atoms with Crippen molar-refractivity contribution in [3.8, 4) is 11.1 Å². The monoisotopic (exact) mass is 317 g/mol. The maximum Gasteiger partial charge on any atom is 0.187 e. The molecule has 0 unspecified atom stereocenters. The van der Waals surface area contributed by atoms with Gasteiger partial charge in [0.15, 0.2) is 5.78 Å². The van der Waals surface area contributed by atoms with Crippen LogP contribution in [0.25, 0.3) is 11.1 Å². The first-order valence-electron chi connectivity index (χ1n) is 7.61. The molecule has 3 heteroatoms. The lowest BCUT2D eigenvalue weighted by Crippen LogP contribution is -1.97. The second-order valence-electron chi connectivity index (χ2n) is 5.27. The zero-order valence-electron chi connectivity index (χ0n) is 12.9. The van der Waals surface area contributed by atoms with E-state index in [0.717, 1.165) is 11.1 Å². The van der Waals surface area contributed by atoms with Crippen LogP contribution < -0.4 is 5.32 Å². The quantitative estimate of drug-likeness (QED) is 0.511. The zero-order valence-corrected chi connectivity index (χ0v) is 12.9. The lowest BCUT2D eigenvalue weighted by Gasteiger charge is -2.03. The van der Waals surface area contributed by atoms with Gasteiger partial charge in [-0.05, 0) is 23.3 Å². The number of benzene rings is 3. The normalized spacial score (nSPS) is 10.7. The lowest BCUT2D eigenvalue weighted by atomic mass is 10.0. The predicted octanol–water partition coefficient (Wildman–Crippen LogP) is 5.30. The number of para-hydroxylation sites is 1. The van der Waals surface area contributed by atoms with E-state index >= 15 is 0 Å². The van der Waals surface area contributed by atoms with Crippen molar-refractivity contribution in [2.75, 3.05) is 5.32 Å². The molecular formula is C21H16FNO. The van der Waals surface area contributed by atoms with Crippen LogP contribution in [0.5, 0.6) is 0 Å². The second-order valence-corrected chi connectivity index (χ2v) is 5.27. The highest BCUT2D eigenvalue weighted by Gasteiger charge is 2.03. The number of carbonyl (C=O) groups is 1. The fraction of sp³-hybridized carbons (Fsp3) is 0. The van der Waals surface area contributed by atoms with E-state index < -0.39 is 0 Å². The van der Waals surface area contributed by atoms with E-state index in [-0.39, 0.29) is 11.6 Å². The Labute approximate surface area is 140 Å². The van der Waals surface area contributed by atoms with Gasteiger partial charge in [-0.1, -0.05) is 66.7 Å². The number of nitrogens with one attached hydrogen (secondary N) is 1. The third-order valence-corrected chi connectivity index (χ3v) is 3.62. The average molecular weight is 317 g/mol. The van der Waals surface area contributed by atoms with Gasteiger partial charge in [-0.15, -0.1) is 0 Å². The Kier molecular flexibility index (Phi) is 4.82. The summed E-state index contributed by atoms with van der Waals surface area (Å²) in [5.74, 6) is -0.500. The molecule has 0 aliphatic rings. The largest absolute Gasteiger partial charge is 0.359 e. The minimum absolute atomic E-state index is 0.140. The molecule has 0 aromatic heterocycles. The predicted molar refractivity (Wildman–Crippen MR) is 95.4 cm³/mol. The molecule has 0 radical (unpaired) electrons. The summed E-state index contributed by atoms with van der Waals surface area (Å²) in [5, 5.41) is 2.77. The van der Waals surface area contributed by atoms with Gasteiger partial charge < -0.3 is 5.32 Å². The first-order chi connectivity index (χ1) is 11.7. The molecule has 1 N–H and O–H groups in total. The SMILES string of the molecule is O=C(C=CNc1ccccc1F)c1ccc(-c2ccccc2)cc1. The molecule has 0 fully saturated rings. The Morgan fingerprint density at radius 2 is 1.42 bits per heavy atom. The third kappa shape index (κ3) is 3.76. The van der Waals surface area contributed by atoms with Crippen LogP contribution in [0.4, 0.5) is 10.1 Å². The number of halogens is 1. The number of hydrogen-bond donors (Lipinski definition) is 1. The van der Waals surface area contributed by atoms with Crippen molar-refractivity contribution in [3.63, 3.8) is 0 Å². The van der Waals surface area contributed by atoms with Gasteiger partial charge in [-0.3, -0.25) is 4.79 Å². The van der Waals surface area contributed by atoms with Crippen molar-refractivity contribution in [2.45, 2.75) is 0 Å². The fourth-order valence-corrected chi connectivity index (χ4v) is 2.34. The number of allylic oxidation sites excluding steroid dienone is 1. The van der Waals surface area contributed by atoms with Crippen molar-refractivity contribution < 1.29 is 9.18 Å². The molecule has 0 aliphatic carbocycles. The molecule has 2 nitrogen and oxygen atoms in total. The van der Waals surface area contributed by atoms with Crippen molar-refractivity contribution in [3.05, 3.63) is 103 Å². The summed E-state index contributed by atoms with van der Waals surface area (Å²) < 4.78 is 13.5. The van der Waals surface area contributed by atoms with Gasteiger partial charge in [0.1, 0.15) is 5.82 Å². The summed E-state index contributed by atoms with van der Waals surface area (Å²) in [6, 6.07) is 23.7. The molecule has 118 valence electrons.